The number of fused-ring (bicyclic) bond motifs is 2. The molecular formula is C44H53N4O9P. The number of hydrogen-bond donors (Lipinski definition) is 1. The van der Waals surface area contributed by atoms with Crippen LogP contribution in [0.2, 0.25) is 0 Å². The van der Waals surface area contributed by atoms with E-state index in [1.54, 1.807) is 21.1 Å². The fourth-order valence-electron chi connectivity index (χ4n) is 7.86. The van der Waals surface area contributed by atoms with Crippen LogP contribution < -0.4 is 20.7 Å². The first-order chi connectivity index (χ1) is 27.8. The highest BCUT2D eigenvalue weighted by Crippen LogP contribution is 2.59. The number of H-pyrrole nitrogens is 1. The molecular weight excluding hydrogens is 759 g/mol. The molecule has 3 aromatic carbocycles. The molecule has 13 nitrogen and oxygen atoms in total. The molecule has 0 radical (unpaired) electrons. The average molecular weight is 813 g/mol. The summed E-state index contributed by atoms with van der Waals surface area (Å²) < 4.78 is 49.6. The van der Waals surface area contributed by atoms with Gasteiger partial charge in [0, 0.05) is 23.8 Å². The summed E-state index contributed by atoms with van der Waals surface area (Å²) in [5.41, 5.74) is 0.931. The molecule has 14 heteroatoms. The van der Waals surface area contributed by atoms with Gasteiger partial charge in [-0.1, -0.05) is 61.2 Å². The highest BCUT2D eigenvalue weighted by molar-refractivity contribution is 7.44. The second-order valence-corrected chi connectivity index (χ2v) is 16.4. The summed E-state index contributed by atoms with van der Waals surface area (Å²) in [7, 11) is 1.38. The molecule has 2 bridgehead atoms. The van der Waals surface area contributed by atoms with E-state index in [2.05, 4.69) is 50.0 Å². The summed E-state index contributed by atoms with van der Waals surface area (Å²) in [5.74, 6) is -0.996. The van der Waals surface area contributed by atoms with Gasteiger partial charge in [0.1, 0.15) is 29.8 Å². The van der Waals surface area contributed by atoms with Crippen molar-refractivity contribution in [2.75, 3.05) is 27.4 Å². The Labute approximate surface area is 341 Å². The van der Waals surface area contributed by atoms with Crippen molar-refractivity contribution in [1.29, 1.82) is 5.26 Å². The third kappa shape index (κ3) is 8.29. The second kappa shape index (κ2) is 18.1. The molecule has 2 saturated heterocycles. The molecule has 58 heavy (non-hydrogen) atoms. The minimum absolute atomic E-state index is 0.0123. The highest BCUT2D eigenvalue weighted by Gasteiger charge is 2.65. The lowest BCUT2D eigenvalue weighted by Crippen LogP contribution is -2.56. The van der Waals surface area contributed by atoms with Gasteiger partial charge >= 0.3 is 5.69 Å². The number of benzene rings is 3. The monoisotopic (exact) mass is 812 g/mol. The predicted molar refractivity (Wildman–Crippen MR) is 220 cm³/mol. The maximum absolute atomic E-state index is 13.6. The Morgan fingerprint density at radius 2 is 1.50 bits per heavy atom. The second-order valence-electron chi connectivity index (χ2n) is 15.0. The van der Waals surface area contributed by atoms with Gasteiger partial charge < -0.3 is 32.7 Å². The van der Waals surface area contributed by atoms with Crippen LogP contribution in [0.5, 0.6) is 11.5 Å². The van der Waals surface area contributed by atoms with Crippen molar-refractivity contribution in [1.82, 2.24) is 14.2 Å². The number of aryl methyl sites for hydroxylation is 1. The van der Waals surface area contributed by atoms with E-state index in [1.165, 1.54) is 10.8 Å². The predicted octanol–water partition coefficient (Wildman–Crippen LogP) is 7.35. The standard InChI is InChI=1S/C44H53N4O9P/c1-28(2)48(29(3)4)58(54-25-13-24-45)57-39-38-31(6)32(7)55-43(39,56-41(38)47-26-30(5)40(49)46-42(47)50)27-53-44(33-14-11-10-12-15-33,34-16-20-36(51-8)21-17-34)35-18-22-37(52-9)23-19-35/h10-12,14-23,26,28-29,32,38-39,41H,6,13,25,27H2,1-5,7-9H3,(H,46,49,50)/t32-,38-,39+,41-,43-,58?/m1/s1. The maximum atomic E-state index is 13.6. The molecule has 1 unspecified atom stereocenters. The number of rotatable bonds is 17. The number of aromatic amines is 1. The smallest absolute Gasteiger partial charge is 0.330 e. The molecule has 2 aliphatic rings. The SMILES string of the molecule is C=C1[C@H]2[C@H](n3cc(C)c(=O)[nH]c3=O)O[C@@](COC(c3ccccc3)(c3ccc(OC)cc3)c3ccc(OC)cc3)(O[C@@H]1C)[C@H]2OP(OCCC#N)N(C(C)C)C(C)C. The number of nitriles is 1. The van der Waals surface area contributed by atoms with Crippen LogP contribution in [0.1, 0.15) is 69.5 Å². The van der Waals surface area contributed by atoms with Crippen molar-refractivity contribution in [2.24, 2.45) is 5.92 Å². The Morgan fingerprint density at radius 3 is 2.03 bits per heavy atom. The number of nitrogens with zero attached hydrogens (tertiary/aromatic N) is 3. The van der Waals surface area contributed by atoms with Crippen molar-refractivity contribution >= 4 is 8.53 Å². The van der Waals surface area contributed by atoms with Crippen LogP contribution in [-0.4, -0.2) is 71.7 Å². The van der Waals surface area contributed by atoms with Gasteiger partial charge in [0.25, 0.3) is 14.1 Å². The molecule has 0 spiro atoms. The van der Waals surface area contributed by atoms with E-state index in [4.69, 9.17) is 32.7 Å². The Morgan fingerprint density at radius 1 is 0.931 bits per heavy atom. The molecule has 6 atom stereocenters. The average Bonchev–Trinajstić information content (AvgIpc) is 3.46. The van der Waals surface area contributed by atoms with Crippen LogP contribution in [0, 0.1) is 24.2 Å². The number of methoxy groups -OCH3 is 2. The van der Waals surface area contributed by atoms with Crippen molar-refractivity contribution in [3.8, 4) is 17.6 Å². The van der Waals surface area contributed by atoms with Crippen molar-refractivity contribution < 1.29 is 32.7 Å². The van der Waals surface area contributed by atoms with Gasteiger partial charge in [-0.2, -0.15) is 5.26 Å². The fourth-order valence-corrected chi connectivity index (χ4v) is 9.65. The van der Waals surface area contributed by atoms with E-state index in [-0.39, 0.29) is 31.7 Å². The van der Waals surface area contributed by atoms with Gasteiger partial charge in [0.15, 0.2) is 6.23 Å². The Balaban J connectivity index is 1.56. The largest absolute Gasteiger partial charge is 0.497 e. The normalized spacial score (nSPS) is 22.3. The van der Waals surface area contributed by atoms with Gasteiger partial charge in [-0.3, -0.25) is 14.3 Å². The molecule has 3 heterocycles. The maximum Gasteiger partial charge on any atom is 0.330 e. The van der Waals surface area contributed by atoms with Gasteiger partial charge in [-0.25, -0.2) is 9.46 Å². The number of aromatic nitrogens is 2. The van der Waals surface area contributed by atoms with Crippen molar-refractivity contribution in [3.05, 3.63) is 140 Å². The molecule has 4 aromatic rings. The Bertz CT molecular complexity index is 2130. The molecule has 308 valence electrons. The lowest BCUT2D eigenvalue weighted by Gasteiger charge is -2.46. The van der Waals surface area contributed by atoms with Crippen LogP contribution in [-0.2, 0) is 28.9 Å². The van der Waals surface area contributed by atoms with Crippen molar-refractivity contribution in [2.45, 2.75) is 89.9 Å². The topological polar surface area (TPSA) is 147 Å². The van der Waals surface area contributed by atoms with Crippen molar-refractivity contribution in [3.63, 3.8) is 0 Å². The minimum atomic E-state index is -1.85. The first-order valence-electron chi connectivity index (χ1n) is 19.4. The molecule has 0 aliphatic carbocycles. The van der Waals surface area contributed by atoms with Gasteiger partial charge in [-0.05, 0) is 88.1 Å². The summed E-state index contributed by atoms with van der Waals surface area (Å²) in [4.78, 5) is 28.7. The Kier molecular flexibility index (Phi) is 13.4. The first kappa shape index (κ1) is 43.0. The van der Waals surface area contributed by atoms with E-state index in [9.17, 15) is 14.9 Å². The molecule has 2 fully saturated rings. The summed E-state index contributed by atoms with van der Waals surface area (Å²) in [5, 5.41) is 9.46. The molecule has 2 aliphatic heterocycles. The van der Waals surface area contributed by atoms with Crippen LogP contribution >= 0.6 is 8.53 Å². The van der Waals surface area contributed by atoms with Crippen LogP contribution in [0.3, 0.4) is 0 Å². The van der Waals surface area contributed by atoms with E-state index in [0.29, 0.717) is 22.6 Å². The number of ether oxygens (including phenoxy) is 5. The molecule has 1 aromatic heterocycles. The third-order valence-electron chi connectivity index (χ3n) is 10.7. The molecule has 0 amide bonds. The fraction of sp³-hybridized carbons (Fsp3) is 0.432. The van der Waals surface area contributed by atoms with Gasteiger partial charge in [-0.15, -0.1) is 0 Å². The molecule has 1 N–H and O–H groups in total. The summed E-state index contributed by atoms with van der Waals surface area (Å²) >= 11 is 0. The molecule has 0 saturated carbocycles. The van der Waals surface area contributed by atoms with E-state index >= 15 is 0 Å². The van der Waals surface area contributed by atoms with Gasteiger partial charge in [0.05, 0.1) is 45.3 Å². The quantitative estimate of drug-likeness (QED) is 0.0494. The lowest BCUT2D eigenvalue weighted by atomic mass is 9.79. The highest BCUT2D eigenvalue weighted by atomic mass is 31.2. The zero-order chi connectivity index (χ0) is 41.8. The first-order valence-corrected chi connectivity index (χ1v) is 20.5. The zero-order valence-electron chi connectivity index (χ0n) is 34.3. The van der Waals surface area contributed by atoms with Crippen LogP contribution in [0.4, 0.5) is 0 Å². The number of nitrogens with one attached hydrogen (secondary N) is 1. The zero-order valence-corrected chi connectivity index (χ0v) is 35.2. The summed E-state index contributed by atoms with van der Waals surface area (Å²) in [6, 6.07) is 27.4. The Hall–Kier alpha value is -4.64. The lowest BCUT2D eigenvalue weighted by molar-refractivity contribution is -0.304. The summed E-state index contributed by atoms with van der Waals surface area (Å²) in [6.45, 7) is 16.1. The molecule has 6 rings (SSSR count). The number of hydrogen-bond acceptors (Lipinski definition) is 11. The van der Waals surface area contributed by atoms with Gasteiger partial charge in [0.2, 0.25) is 5.79 Å². The van der Waals surface area contributed by atoms with Crippen LogP contribution in [0.15, 0.2) is 107 Å². The minimum Gasteiger partial charge on any atom is -0.497 e. The third-order valence-corrected chi connectivity index (χ3v) is 12.8. The van der Waals surface area contributed by atoms with E-state index in [0.717, 1.165) is 16.7 Å². The van der Waals surface area contributed by atoms with E-state index in [1.807, 2.05) is 85.8 Å². The summed E-state index contributed by atoms with van der Waals surface area (Å²) in [6.07, 6.45) is -0.898. The van der Waals surface area contributed by atoms with E-state index < -0.39 is 55.5 Å². The van der Waals surface area contributed by atoms with Crippen LogP contribution in [0.25, 0.3) is 0 Å².